The molecule has 0 spiro atoms. The largest absolute Gasteiger partial charge is 0.336 e. The van der Waals surface area contributed by atoms with Gasteiger partial charge in [-0.25, -0.2) is 10.6 Å². The molecule has 3 amide bonds. The molecule has 17 heavy (non-hydrogen) atoms. The second-order valence-corrected chi connectivity index (χ2v) is 4.50. The van der Waals surface area contributed by atoms with E-state index < -0.39 is 0 Å². The minimum atomic E-state index is -0.124. The van der Waals surface area contributed by atoms with E-state index >= 15 is 0 Å². The van der Waals surface area contributed by atoms with Crippen LogP contribution in [0.15, 0.2) is 0 Å². The normalized spacial score (nSPS) is 24.4. The lowest BCUT2D eigenvalue weighted by Gasteiger charge is -2.36. The van der Waals surface area contributed by atoms with Crippen LogP contribution in [0.25, 0.3) is 0 Å². The molecule has 0 aromatic carbocycles. The first-order valence-corrected chi connectivity index (χ1v) is 5.97. The molecule has 0 aromatic rings. The number of hydrogen-bond acceptors (Lipinski definition) is 4. The SMILES string of the molecule is NNC(=O)CCCN1CCN2C(=O)NCC2C1. The fraction of sp³-hybridized carbons (Fsp3) is 0.800. The lowest BCUT2D eigenvalue weighted by molar-refractivity contribution is -0.121. The van der Waals surface area contributed by atoms with Crippen LogP contribution in [0.4, 0.5) is 4.79 Å². The molecule has 96 valence electrons. The molecule has 0 aliphatic carbocycles. The van der Waals surface area contributed by atoms with Gasteiger partial charge in [-0.05, 0) is 13.0 Å². The quantitative estimate of drug-likeness (QED) is 0.316. The lowest BCUT2D eigenvalue weighted by Crippen LogP contribution is -2.52. The molecule has 2 aliphatic heterocycles. The zero-order valence-corrected chi connectivity index (χ0v) is 9.82. The number of carbonyl (C=O) groups is 2. The third-order valence-corrected chi connectivity index (χ3v) is 3.36. The van der Waals surface area contributed by atoms with Gasteiger partial charge in [-0.2, -0.15) is 0 Å². The summed E-state index contributed by atoms with van der Waals surface area (Å²) in [6.45, 7) is 4.17. The molecule has 2 rings (SSSR count). The van der Waals surface area contributed by atoms with Gasteiger partial charge in [-0.3, -0.25) is 15.1 Å². The summed E-state index contributed by atoms with van der Waals surface area (Å²) in [6, 6.07) is 0.344. The van der Waals surface area contributed by atoms with Crippen molar-refractivity contribution in [2.75, 3.05) is 32.7 Å². The van der Waals surface area contributed by atoms with Gasteiger partial charge in [-0.15, -0.1) is 0 Å². The van der Waals surface area contributed by atoms with Gasteiger partial charge in [0.2, 0.25) is 5.91 Å². The highest BCUT2D eigenvalue weighted by molar-refractivity contribution is 5.77. The van der Waals surface area contributed by atoms with E-state index in [0.717, 1.165) is 39.1 Å². The average Bonchev–Trinajstić information content (AvgIpc) is 2.70. The first kappa shape index (κ1) is 12.1. The number of urea groups is 1. The number of nitrogens with zero attached hydrogens (tertiary/aromatic N) is 2. The maximum absolute atomic E-state index is 11.4. The number of hydrogen-bond donors (Lipinski definition) is 3. The van der Waals surface area contributed by atoms with Crippen molar-refractivity contribution in [1.82, 2.24) is 20.5 Å². The fourth-order valence-corrected chi connectivity index (χ4v) is 2.41. The molecule has 1 atom stereocenters. The van der Waals surface area contributed by atoms with Gasteiger partial charge in [0.1, 0.15) is 0 Å². The van der Waals surface area contributed by atoms with E-state index in [1.807, 2.05) is 4.90 Å². The van der Waals surface area contributed by atoms with Crippen molar-refractivity contribution < 1.29 is 9.59 Å². The Balaban J connectivity index is 1.70. The number of nitrogens with two attached hydrogens (primary N) is 1. The third kappa shape index (κ3) is 2.86. The van der Waals surface area contributed by atoms with Crippen molar-refractivity contribution in [1.29, 1.82) is 0 Å². The molecule has 2 heterocycles. The van der Waals surface area contributed by atoms with E-state index in [-0.39, 0.29) is 11.9 Å². The number of fused-ring (bicyclic) bond motifs is 1. The smallest absolute Gasteiger partial charge is 0.317 e. The minimum Gasteiger partial charge on any atom is -0.336 e. The van der Waals surface area contributed by atoms with Crippen LogP contribution in [0.3, 0.4) is 0 Å². The second-order valence-electron chi connectivity index (χ2n) is 4.50. The molecule has 1 unspecified atom stereocenters. The molecule has 7 nitrogen and oxygen atoms in total. The first-order valence-electron chi connectivity index (χ1n) is 5.97. The van der Waals surface area contributed by atoms with E-state index in [9.17, 15) is 9.59 Å². The number of piperazine rings is 1. The van der Waals surface area contributed by atoms with Crippen molar-refractivity contribution in [3.05, 3.63) is 0 Å². The van der Waals surface area contributed by atoms with Crippen molar-refractivity contribution in [3.63, 3.8) is 0 Å². The van der Waals surface area contributed by atoms with Gasteiger partial charge in [0, 0.05) is 32.6 Å². The van der Waals surface area contributed by atoms with Gasteiger partial charge in [0.15, 0.2) is 0 Å². The molecule has 4 N–H and O–H groups in total. The second kappa shape index (κ2) is 5.33. The standard InChI is InChI=1S/C10H19N5O2/c11-13-9(16)2-1-3-14-4-5-15-8(7-14)6-12-10(15)17/h8H,1-7,11H2,(H,12,17)(H,13,16). The Morgan fingerprint density at radius 2 is 2.35 bits per heavy atom. The summed E-state index contributed by atoms with van der Waals surface area (Å²) < 4.78 is 0. The molecular formula is C10H19N5O2. The molecule has 0 radical (unpaired) electrons. The van der Waals surface area contributed by atoms with Gasteiger partial charge in [0.25, 0.3) is 0 Å². The molecular weight excluding hydrogens is 222 g/mol. The van der Waals surface area contributed by atoms with E-state index in [1.165, 1.54) is 0 Å². The van der Waals surface area contributed by atoms with E-state index in [2.05, 4.69) is 15.6 Å². The summed E-state index contributed by atoms with van der Waals surface area (Å²) >= 11 is 0. The Labute approximate surface area is 100 Å². The molecule has 2 fully saturated rings. The van der Waals surface area contributed by atoms with Crippen LogP contribution in [-0.2, 0) is 4.79 Å². The minimum absolute atomic E-state index is 0.0529. The monoisotopic (exact) mass is 241 g/mol. The topological polar surface area (TPSA) is 90.7 Å². The van der Waals surface area contributed by atoms with E-state index in [0.29, 0.717) is 12.5 Å². The summed E-state index contributed by atoms with van der Waals surface area (Å²) in [4.78, 5) is 26.5. The predicted octanol–water partition coefficient (Wildman–Crippen LogP) is -1.53. The molecule has 7 heteroatoms. The zero-order chi connectivity index (χ0) is 12.3. The van der Waals surface area contributed by atoms with Gasteiger partial charge >= 0.3 is 6.03 Å². The number of rotatable bonds is 4. The van der Waals surface area contributed by atoms with Crippen LogP contribution < -0.4 is 16.6 Å². The molecule has 0 aromatic heterocycles. The summed E-state index contributed by atoms with van der Waals surface area (Å²) in [6.07, 6.45) is 1.26. The van der Waals surface area contributed by atoms with E-state index in [1.54, 1.807) is 0 Å². The van der Waals surface area contributed by atoms with E-state index in [4.69, 9.17) is 5.84 Å². The number of nitrogens with one attached hydrogen (secondary N) is 2. The number of hydrazine groups is 1. The molecule has 0 bridgehead atoms. The molecule has 2 aliphatic rings. The van der Waals surface area contributed by atoms with Crippen molar-refractivity contribution in [3.8, 4) is 0 Å². The summed E-state index contributed by atoms with van der Waals surface area (Å²) in [5, 5.41) is 2.85. The van der Waals surface area contributed by atoms with Gasteiger partial charge in [-0.1, -0.05) is 0 Å². The van der Waals surface area contributed by atoms with Crippen LogP contribution >= 0.6 is 0 Å². The highest BCUT2D eigenvalue weighted by Gasteiger charge is 2.34. The highest BCUT2D eigenvalue weighted by atomic mass is 16.2. The fourth-order valence-electron chi connectivity index (χ4n) is 2.41. The van der Waals surface area contributed by atoms with Crippen molar-refractivity contribution in [2.45, 2.75) is 18.9 Å². The maximum atomic E-state index is 11.4. The van der Waals surface area contributed by atoms with Gasteiger partial charge in [0.05, 0.1) is 6.04 Å². The van der Waals surface area contributed by atoms with Crippen molar-refractivity contribution in [2.24, 2.45) is 5.84 Å². The van der Waals surface area contributed by atoms with Crippen LogP contribution in [-0.4, -0.2) is 60.5 Å². The third-order valence-electron chi connectivity index (χ3n) is 3.36. The Morgan fingerprint density at radius 3 is 3.12 bits per heavy atom. The Morgan fingerprint density at radius 1 is 1.53 bits per heavy atom. The number of carbonyl (C=O) groups excluding carboxylic acids is 2. The van der Waals surface area contributed by atoms with Crippen LogP contribution in [0.1, 0.15) is 12.8 Å². The van der Waals surface area contributed by atoms with Crippen LogP contribution in [0.2, 0.25) is 0 Å². The summed E-state index contributed by atoms with van der Waals surface area (Å²) in [5.41, 5.74) is 2.13. The summed E-state index contributed by atoms with van der Waals surface area (Å²) in [7, 11) is 0. The van der Waals surface area contributed by atoms with Crippen LogP contribution in [0.5, 0.6) is 0 Å². The molecule has 2 saturated heterocycles. The van der Waals surface area contributed by atoms with Crippen LogP contribution in [0, 0.1) is 0 Å². The predicted molar refractivity (Wildman–Crippen MR) is 61.9 cm³/mol. The Bertz CT molecular complexity index is 309. The van der Waals surface area contributed by atoms with Crippen molar-refractivity contribution >= 4 is 11.9 Å². The Kier molecular flexibility index (Phi) is 3.80. The Hall–Kier alpha value is -1.34. The first-order chi connectivity index (χ1) is 8.20. The maximum Gasteiger partial charge on any atom is 0.317 e. The highest BCUT2D eigenvalue weighted by Crippen LogP contribution is 2.14. The molecule has 0 saturated carbocycles. The number of amides is 3. The summed E-state index contributed by atoms with van der Waals surface area (Å²) in [5.74, 6) is 4.89. The average molecular weight is 241 g/mol. The van der Waals surface area contributed by atoms with Gasteiger partial charge < -0.3 is 10.2 Å². The lowest BCUT2D eigenvalue weighted by atomic mass is 10.2. The zero-order valence-electron chi connectivity index (χ0n) is 9.82.